The molecule has 0 aliphatic carbocycles. The largest absolute Gasteiger partial charge is 0.383 e. The van der Waals surface area contributed by atoms with Crippen LogP contribution in [0.2, 0.25) is 0 Å². The minimum atomic E-state index is -0.870. The van der Waals surface area contributed by atoms with Crippen LogP contribution in [0.5, 0.6) is 0 Å². The molecule has 32 heavy (non-hydrogen) atoms. The van der Waals surface area contributed by atoms with E-state index in [9.17, 15) is 5.11 Å². The highest BCUT2D eigenvalue weighted by atomic mass is 32.1. The van der Waals surface area contributed by atoms with Gasteiger partial charge in [-0.25, -0.2) is 15.0 Å². The van der Waals surface area contributed by atoms with E-state index in [1.807, 2.05) is 24.3 Å². The molecule has 4 heterocycles. The first-order valence-electron chi connectivity index (χ1n) is 10.2. The van der Waals surface area contributed by atoms with Crippen molar-refractivity contribution in [1.29, 1.82) is 5.26 Å². The Morgan fingerprint density at radius 1 is 1.16 bits per heavy atom. The van der Waals surface area contributed by atoms with Crippen molar-refractivity contribution in [1.82, 2.24) is 15.0 Å². The van der Waals surface area contributed by atoms with Gasteiger partial charge in [0.2, 0.25) is 0 Å². The number of nitrogen functional groups attached to an aromatic ring is 1. The average Bonchev–Trinajstić information content (AvgIpc) is 3.29. The summed E-state index contributed by atoms with van der Waals surface area (Å²) in [5.74, 6) is 1.54. The number of pyridine rings is 1. The smallest absolute Gasteiger partial charge is 0.163 e. The molecule has 9 heteroatoms. The Balaban J connectivity index is 1.53. The number of anilines is 2. The number of hydrogen-bond donors (Lipinski definition) is 2. The summed E-state index contributed by atoms with van der Waals surface area (Å²) in [6.45, 7) is 2.73. The second-order valence-electron chi connectivity index (χ2n) is 7.41. The van der Waals surface area contributed by atoms with Crippen LogP contribution in [-0.2, 0) is 4.74 Å². The molecular formula is C23H20N6O2S. The van der Waals surface area contributed by atoms with Crippen LogP contribution >= 0.6 is 11.3 Å². The van der Waals surface area contributed by atoms with Gasteiger partial charge in [-0.2, -0.15) is 5.26 Å². The third-order valence-electron chi connectivity index (χ3n) is 5.38. The van der Waals surface area contributed by atoms with Gasteiger partial charge in [0, 0.05) is 35.3 Å². The number of fused-ring (bicyclic) bond motifs is 1. The maximum atomic E-state index is 11.2. The quantitative estimate of drug-likeness (QED) is 0.492. The van der Waals surface area contributed by atoms with Crippen molar-refractivity contribution in [2.45, 2.75) is 6.10 Å². The van der Waals surface area contributed by atoms with Crippen molar-refractivity contribution in [3.8, 4) is 17.5 Å². The standard InChI is InChI=1S/C23H20N6O2S/c24-13-14-3-1-4-15(11-14)21-27-20(25)17-12-18(32-23(17)28-21)19(30)16-5-2-6-26-22(16)29-7-9-31-10-8-29/h1-6,11-12,19,30H,7-10H2,(H2,25,27,28). The van der Waals surface area contributed by atoms with Gasteiger partial charge in [0.25, 0.3) is 0 Å². The number of aliphatic hydroxyl groups excluding tert-OH is 1. The average molecular weight is 445 g/mol. The topological polar surface area (TPSA) is 121 Å². The van der Waals surface area contributed by atoms with Gasteiger partial charge in [-0.1, -0.05) is 18.2 Å². The van der Waals surface area contributed by atoms with Gasteiger partial charge in [0.15, 0.2) is 5.82 Å². The third kappa shape index (κ3) is 3.76. The van der Waals surface area contributed by atoms with E-state index in [-0.39, 0.29) is 0 Å². The molecule has 0 saturated carbocycles. The fraction of sp³-hybridized carbons (Fsp3) is 0.217. The number of morpholine rings is 1. The molecule has 3 N–H and O–H groups in total. The van der Waals surface area contributed by atoms with E-state index in [1.54, 1.807) is 24.4 Å². The number of nitrogens with two attached hydrogens (primary N) is 1. The zero-order valence-corrected chi connectivity index (χ0v) is 17.9. The number of nitrogens with zero attached hydrogens (tertiary/aromatic N) is 5. The number of ether oxygens (including phenoxy) is 1. The molecule has 1 atom stereocenters. The Kier molecular flexibility index (Phi) is 5.41. The fourth-order valence-corrected chi connectivity index (χ4v) is 4.81. The molecule has 160 valence electrons. The lowest BCUT2D eigenvalue weighted by Crippen LogP contribution is -2.37. The molecule has 0 radical (unpaired) electrons. The highest BCUT2D eigenvalue weighted by Gasteiger charge is 2.23. The molecular weight excluding hydrogens is 424 g/mol. The third-order valence-corrected chi connectivity index (χ3v) is 6.46. The van der Waals surface area contributed by atoms with Crippen LogP contribution in [0.3, 0.4) is 0 Å². The molecule has 0 amide bonds. The van der Waals surface area contributed by atoms with Crippen molar-refractivity contribution in [2.75, 3.05) is 36.9 Å². The molecule has 4 aromatic rings. The first kappa shape index (κ1) is 20.3. The van der Waals surface area contributed by atoms with Crippen molar-refractivity contribution in [2.24, 2.45) is 0 Å². The van der Waals surface area contributed by atoms with Crippen LogP contribution in [0.1, 0.15) is 22.1 Å². The maximum absolute atomic E-state index is 11.2. The summed E-state index contributed by atoms with van der Waals surface area (Å²) in [6.07, 6.45) is 0.863. The summed E-state index contributed by atoms with van der Waals surface area (Å²) in [5, 5.41) is 21.1. The van der Waals surface area contributed by atoms with Crippen LogP contribution in [0, 0.1) is 11.3 Å². The van der Waals surface area contributed by atoms with E-state index in [4.69, 9.17) is 15.7 Å². The summed E-state index contributed by atoms with van der Waals surface area (Å²) < 4.78 is 5.44. The van der Waals surface area contributed by atoms with E-state index in [2.05, 4.69) is 25.9 Å². The molecule has 1 aliphatic heterocycles. The van der Waals surface area contributed by atoms with Crippen LogP contribution < -0.4 is 10.6 Å². The fourth-order valence-electron chi connectivity index (χ4n) is 3.77. The maximum Gasteiger partial charge on any atom is 0.163 e. The molecule has 1 unspecified atom stereocenters. The monoisotopic (exact) mass is 444 g/mol. The number of hydrogen-bond acceptors (Lipinski definition) is 9. The Hall–Kier alpha value is -3.58. The van der Waals surface area contributed by atoms with E-state index in [0.29, 0.717) is 45.5 Å². The van der Waals surface area contributed by atoms with Crippen LogP contribution in [-0.4, -0.2) is 46.4 Å². The van der Waals surface area contributed by atoms with Gasteiger partial charge in [-0.15, -0.1) is 11.3 Å². The summed E-state index contributed by atoms with van der Waals surface area (Å²) in [5.41, 5.74) is 8.21. The predicted molar refractivity (Wildman–Crippen MR) is 123 cm³/mol. The Labute approximate surface area is 188 Å². The second-order valence-corrected chi connectivity index (χ2v) is 8.47. The Morgan fingerprint density at radius 3 is 2.81 bits per heavy atom. The number of aliphatic hydroxyl groups is 1. The molecule has 1 saturated heterocycles. The van der Waals surface area contributed by atoms with Crippen molar-refractivity contribution in [3.05, 3.63) is 64.7 Å². The summed E-state index contributed by atoms with van der Waals surface area (Å²) in [4.78, 5) is 17.1. The highest BCUT2D eigenvalue weighted by molar-refractivity contribution is 7.18. The van der Waals surface area contributed by atoms with E-state index in [1.165, 1.54) is 11.3 Å². The van der Waals surface area contributed by atoms with Gasteiger partial charge in [-0.3, -0.25) is 0 Å². The van der Waals surface area contributed by atoms with Crippen molar-refractivity contribution >= 4 is 33.2 Å². The van der Waals surface area contributed by atoms with Crippen LogP contribution in [0.15, 0.2) is 48.7 Å². The summed E-state index contributed by atoms with van der Waals surface area (Å²) in [7, 11) is 0. The zero-order chi connectivity index (χ0) is 22.1. The molecule has 1 aliphatic rings. The minimum Gasteiger partial charge on any atom is -0.383 e. The lowest BCUT2D eigenvalue weighted by Gasteiger charge is -2.30. The number of nitriles is 1. The van der Waals surface area contributed by atoms with Gasteiger partial charge < -0.3 is 20.5 Å². The number of thiophene rings is 1. The first-order valence-corrected chi connectivity index (χ1v) is 11.0. The lowest BCUT2D eigenvalue weighted by atomic mass is 10.1. The van der Waals surface area contributed by atoms with Gasteiger partial charge >= 0.3 is 0 Å². The molecule has 1 fully saturated rings. The van der Waals surface area contributed by atoms with E-state index < -0.39 is 6.10 Å². The molecule has 1 aromatic carbocycles. The summed E-state index contributed by atoms with van der Waals surface area (Å²) >= 11 is 1.37. The summed E-state index contributed by atoms with van der Waals surface area (Å²) in [6, 6.07) is 14.8. The van der Waals surface area contributed by atoms with E-state index in [0.717, 1.165) is 30.0 Å². The SMILES string of the molecule is N#Cc1cccc(-c2nc(N)c3cc(C(O)c4cccnc4N4CCOCC4)sc3n2)c1. The van der Waals surface area contributed by atoms with E-state index >= 15 is 0 Å². The van der Waals surface area contributed by atoms with Gasteiger partial charge in [0.1, 0.15) is 22.6 Å². The second kappa shape index (κ2) is 8.51. The molecule has 0 spiro atoms. The zero-order valence-electron chi connectivity index (χ0n) is 17.1. The highest BCUT2D eigenvalue weighted by Crippen LogP contribution is 2.37. The number of benzene rings is 1. The Morgan fingerprint density at radius 2 is 2.00 bits per heavy atom. The first-order chi connectivity index (χ1) is 15.6. The Bertz CT molecular complexity index is 1330. The minimum absolute atomic E-state index is 0.335. The molecule has 8 nitrogen and oxygen atoms in total. The van der Waals surface area contributed by atoms with Crippen LogP contribution in [0.25, 0.3) is 21.6 Å². The van der Waals surface area contributed by atoms with Gasteiger partial charge in [0.05, 0.1) is 30.2 Å². The van der Waals surface area contributed by atoms with Gasteiger partial charge in [-0.05, 0) is 24.3 Å². The van der Waals surface area contributed by atoms with Crippen molar-refractivity contribution < 1.29 is 9.84 Å². The van der Waals surface area contributed by atoms with Crippen molar-refractivity contribution in [3.63, 3.8) is 0 Å². The normalized spacial score (nSPS) is 14.9. The van der Waals surface area contributed by atoms with Crippen LogP contribution in [0.4, 0.5) is 11.6 Å². The lowest BCUT2D eigenvalue weighted by molar-refractivity contribution is 0.122. The molecule has 3 aromatic heterocycles. The number of aromatic nitrogens is 3. The number of rotatable bonds is 4. The predicted octanol–water partition coefficient (Wildman–Crippen LogP) is 3.13. The molecule has 0 bridgehead atoms. The molecule has 5 rings (SSSR count).